The van der Waals surface area contributed by atoms with E-state index < -0.39 is 5.97 Å². The predicted molar refractivity (Wildman–Crippen MR) is 152 cm³/mol. The molecule has 0 saturated heterocycles. The van der Waals surface area contributed by atoms with Gasteiger partial charge in [0.25, 0.3) is 0 Å². The summed E-state index contributed by atoms with van der Waals surface area (Å²) in [6.07, 6.45) is 6.86. The first-order valence-corrected chi connectivity index (χ1v) is 13.0. The number of carboxylic acid groups (broad SMARTS) is 1. The van der Waals surface area contributed by atoms with Crippen LogP contribution in [0.3, 0.4) is 0 Å². The summed E-state index contributed by atoms with van der Waals surface area (Å²) in [5, 5.41) is 9.28. The van der Waals surface area contributed by atoms with Crippen LogP contribution in [-0.2, 0) is 16.1 Å². The van der Waals surface area contributed by atoms with Crippen molar-refractivity contribution in [2.75, 3.05) is 23.9 Å². The van der Waals surface area contributed by atoms with Crippen LogP contribution in [0.2, 0.25) is 0 Å². The highest BCUT2D eigenvalue weighted by atomic mass is 16.4. The van der Waals surface area contributed by atoms with Gasteiger partial charge < -0.3 is 14.9 Å². The highest BCUT2D eigenvalue weighted by molar-refractivity contribution is 5.96. The molecule has 0 unspecified atom stereocenters. The molecule has 1 saturated carbocycles. The normalized spacial score (nSPS) is 14.3. The van der Waals surface area contributed by atoms with Crippen LogP contribution in [0.15, 0.2) is 78.4 Å². The minimum Gasteiger partial charge on any atom is -0.478 e. The van der Waals surface area contributed by atoms with E-state index in [1.54, 1.807) is 13.0 Å². The predicted octanol–water partition coefficient (Wildman–Crippen LogP) is 7.02. The minimum atomic E-state index is -0.947. The largest absolute Gasteiger partial charge is 0.478 e. The molecule has 37 heavy (non-hydrogen) atoms. The van der Waals surface area contributed by atoms with Crippen LogP contribution in [0, 0.1) is 5.92 Å². The van der Waals surface area contributed by atoms with E-state index in [0.717, 1.165) is 59.3 Å². The van der Waals surface area contributed by atoms with E-state index >= 15 is 0 Å². The van der Waals surface area contributed by atoms with E-state index in [1.807, 2.05) is 43.3 Å². The second kappa shape index (κ2) is 11.9. The van der Waals surface area contributed by atoms with Crippen LogP contribution in [0.1, 0.15) is 50.2 Å². The molecule has 3 aromatic carbocycles. The third-order valence-corrected chi connectivity index (χ3v) is 7.13. The van der Waals surface area contributed by atoms with Gasteiger partial charge in [0.1, 0.15) is 0 Å². The minimum absolute atomic E-state index is 0.0307. The highest BCUT2D eigenvalue weighted by Crippen LogP contribution is 2.30. The Morgan fingerprint density at radius 3 is 2.08 bits per heavy atom. The lowest BCUT2D eigenvalue weighted by Crippen LogP contribution is -2.36. The smallest absolute Gasteiger partial charge is 0.331 e. The second-order valence-corrected chi connectivity index (χ2v) is 10.1. The maximum atomic E-state index is 13.7. The van der Waals surface area contributed by atoms with Gasteiger partial charge in [0.2, 0.25) is 5.91 Å². The molecular weight excluding hydrogens is 460 g/mol. The van der Waals surface area contributed by atoms with Gasteiger partial charge in [-0.1, -0.05) is 67.8 Å². The lowest BCUT2D eigenvalue weighted by atomic mass is 9.88. The molecule has 0 aliphatic heterocycles. The van der Waals surface area contributed by atoms with Crippen LogP contribution in [0.5, 0.6) is 0 Å². The van der Waals surface area contributed by atoms with Crippen molar-refractivity contribution in [2.24, 2.45) is 5.92 Å². The van der Waals surface area contributed by atoms with Crippen molar-refractivity contribution in [3.63, 3.8) is 0 Å². The van der Waals surface area contributed by atoms with Crippen molar-refractivity contribution >= 4 is 29.3 Å². The third-order valence-electron chi connectivity index (χ3n) is 7.13. The molecule has 1 aliphatic carbocycles. The molecule has 0 aromatic heterocycles. The van der Waals surface area contributed by atoms with Crippen molar-refractivity contribution in [1.82, 2.24) is 0 Å². The van der Waals surface area contributed by atoms with E-state index in [-0.39, 0.29) is 17.4 Å². The molecule has 192 valence electrons. The summed E-state index contributed by atoms with van der Waals surface area (Å²) in [5.74, 6) is -0.765. The number of carbonyl (C=O) groups excluding carboxylic acids is 1. The molecule has 0 atom stereocenters. The van der Waals surface area contributed by atoms with Gasteiger partial charge in [-0.15, -0.1) is 0 Å². The number of rotatable bonds is 8. The van der Waals surface area contributed by atoms with Crippen molar-refractivity contribution in [3.8, 4) is 11.1 Å². The number of nitrogens with zero attached hydrogens (tertiary/aromatic N) is 2. The monoisotopic (exact) mass is 496 g/mol. The van der Waals surface area contributed by atoms with Crippen molar-refractivity contribution in [2.45, 2.75) is 45.6 Å². The van der Waals surface area contributed by atoms with Gasteiger partial charge in [0.05, 0.1) is 6.54 Å². The second-order valence-electron chi connectivity index (χ2n) is 10.1. The first-order chi connectivity index (χ1) is 17.8. The molecule has 1 aliphatic rings. The van der Waals surface area contributed by atoms with Crippen LogP contribution < -0.4 is 9.80 Å². The number of carboxylic acids is 1. The van der Waals surface area contributed by atoms with Crippen LogP contribution in [0.25, 0.3) is 17.2 Å². The average molecular weight is 497 g/mol. The third kappa shape index (κ3) is 6.67. The maximum absolute atomic E-state index is 13.7. The van der Waals surface area contributed by atoms with E-state index in [9.17, 15) is 14.7 Å². The zero-order valence-electron chi connectivity index (χ0n) is 22.0. The molecule has 4 rings (SSSR count). The fraction of sp³-hybridized carbons (Fsp3) is 0.312. The molecule has 5 nitrogen and oxygen atoms in total. The molecular formula is C32H36N2O3. The van der Waals surface area contributed by atoms with Gasteiger partial charge in [-0.05, 0) is 72.4 Å². The zero-order chi connectivity index (χ0) is 26.4. The molecule has 0 bridgehead atoms. The van der Waals surface area contributed by atoms with Gasteiger partial charge in [-0.25, -0.2) is 4.79 Å². The lowest BCUT2D eigenvalue weighted by molar-refractivity contribution is -0.132. The summed E-state index contributed by atoms with van der Waals surface area (Å²) in [4.78, 5) is 29.0. The fourth-order valence-electron chi connectivity index (χ4n) is 4.90. The molecule has 0 radical (unpaired) electrons. The quantitative estimate of drug-likeness (QED) is 0.340. The average Bonchev–Trinajstić information content (AvgIpc) is 2.92. The van der Waals surface area contributed by atoms with Crippen molar-refractivity contribution in [1.29, 1.82) is 0 Å². The Kier molecular flexibility index (Phi) is 8.44. The molecule has 1 N–H and O–H groups in total. The summed E-state index contributed by atoms with van der Waals surface area (Å²) in [6, 6.07) is 24.5. The summed E-state index contributed by atoms with van der Waals surface area (Å²) in [6.45, 7) is 2.05. The molecule has 5 heteroatoms. The number of carbonyl (C=O) groups is 2. The van der Waals surface area contributed by atoms with Crippen LogP contribution in [0.4, 0.5) is 11.4 Å². The molecule has 0 spiro atoms. The van der Waals surface area contributed by atoms with Gasteiger partial charge >= 0.3 is 5.97 Å². The number of hydrogen-bond acceptors (Lipinski definition) is 3. The topological polar surface area (TPSA) is 60.9 Å². The van der Waals surface area contributed by atoms with Gasteiger partial charge in [-0.2, -0.15) is 0 Å². The fourth-order valence-corrected chi connectivity index (χ4v) is 4.90. The highest BCUT2D eigenvalue weighted by Gasteiger charge is 2.27. The number of benzene rings is 3. The van der Waals surface area contributed by atoms with Crippen LogP contribution in [-0.4, -0.2) is 31.1 Å². The summed E-state index contributed by atoms with van der Waals surface area (Å²) < 4.78 is 0. The Labute approximate surface area is 220 Å². The molecule has 3 aromatic rings. The van der Waals surface area contributed by atoms with Crippen molar-refractivity contribution in [3.05, 3.63) is 89.5 Å². The van der Waals surface area contributed by atoms with E-state index in [0.29, 0.717) is 6.54 Å². The Morgan fingerprint density at radius 2 is 1.49 bits per heavy atom. The number of aliphatic carboxylic acids is 1. The number of anilines is 2. The molecule has 1 fully saturated rings. The first-order valence-electron chi connectivity index (χ1n) is 13.0. The van der Waals surface area contributed by atoms with Gasteiger partial charge in [0, 0.05) is 37.0 Å². The summed E-state index contributed by atoms with van der Waals surface area (Å²) in [7, 11) is 4.06. The number of amides is 1. The maximum Gasteiger partial charge on any atom is 0.331 e. The Bertz CT molecular complexity index is 1250. The molecule has 1 amide bonds. The van der Waals surface area contributed by atoms with E-state index in [4.69, 9.17) is 0 Å². The van der Waals surface area contributed by atoms with Gasteiger partial charge in [0.15, 0.2) is 0 Å². The lowest BCUT2D eigenvalue weighted by Gasteiger charge is -2.30. The van der Waals surface area contributed by atoms with Crippen LogP contribution >= 0.6 is 0 Å². The number of hydrogen-bond donors (Lipinski definition) is 1. The first kappa shape index (κ1) is 26.2. The standard InChI is InChI=1S/C32H36N2O3/c1-23(32(36)37)20-25-8-7-11-30(21-25)34(31(35)28-9-5-4-6-10-28)22-24-12-14-26(15-13-24)27-16-18-29(19-17-27)33(2)3/h7-8,11-21,28H,4-6,9-10,22H2,1-3H3,(H,36,37). The van der Waals surface area contributed by atoms with E-state index in [1.165, 1.54) is 6.42 Å². The molecule has 0 heterocycles. The summed E-state index contributed by atoms with van der Waals surface area (Å²) >= 11 is 0. The Balaban J connectivity index is 1.60. The SMILES string of the molecule is CC(=Cc1cccc(N(Cc2ccc(-c3ccc(N(C)C)cc3)cc2)C(=O)C2CCCCC2)c1)C(=O)O. The summed E-state index contributed by atoms with van der Waals surface area (Å²) in [5.41, 5.74) is 6.34. The van der Waals surface area contributed by atoms with E-state index in [2.05, 4.69) is 53.4 Å². The zero-order valence-corrected chi connectivity index (χ0v) is 22.0. The Morgan fingerprint density at radius 1 is 0.865 bits per heavy atom. The Hall–Kier alpha value is -3.86. The van der Waals surface area contributed by atoms with Gasteiger partial charge in [-0.3, -0.25) is 4.79 Å². The van der Waals surface area contributed by atoms with Crippen molar-refractivity contribution < 1.29 is 14.7 Å².